The van der Waals surface area contributed by atoms with Crippen molar-refractivity contribution in [2.24, 2.45) is 10.1 Å². The SMILES string of the molecule is C(=Nn1c(-c2cccc3ccccc23)csc1=NCCc1ccccc1)c1ccccn1. The Balaban J connectivity index is 1.57. The van der Waals surface area contributed by atoms with Crippen LogP contribution in [-0.2, 0) is 6.42 Å². The maximum atomic E-state index is 4.89. The lowest BCUT2D eigenvalue weighted by Gasteiger charge is -2.07. The van der Waals surface area contributed by atoms with Crippen LogP contribution in [0, 0.1) is 0 Å². The van der Waals surface area contributed by atoms with Crippen LogP contribution in [0.25, 0.3) is 22.0 Å². The lowest BCUT2D eigenvalue weighted by molar-refractivity contribution is 0.816. The van der Waals surface area contributed by atoms with Gasteiger partial charge in [-0.2, -0.15) is 5.10 Å². The zero-order valence-electron chi connectivity index (χ0n) is 17.5. The Morgan fingerprint density at radius 2 is 1.66 bits per heavy atom. The van der Waals surface area contributed by atoms with E-state index in [1.54, 1.807) is 23.7 Å². The number of fused-ring (bicyclic) bond motifs is 1. The van der Waals surface area contributed by atoms with Crippen LogP contribution in [0.1, 0.15) is 11.3 Å². The van der Waals surface area contributed by atoms with Gasteiger partial charge in [0.15, 0.2) is 0 Å². The van der Waals surface area contributed by atoms with Crippen molar-refractivity contribution in [3.63, 3.8) is 0 Å². The first-order chi connectivity index (χ1) is 15.9. The zero-order chi connectivity index (χ0) is 21.6. The Morgan fingerprint density at radius 3 is 2.53 bits per heavy atom. The molecule has 0 atom stereocenters. The normalized spacial score (nSPS) is 12.1. The van der Waals surface area contributed by atoms with Gasteiger partial charge in [0.2, 0.25) is 4.80 Å². The van der Waals surface area contributed by atoms with Crippen LogP contribution in [-0.4, -0.2) is 22.4 Å². The summed E-state index contributed by atoms with van der Waals surface area (Å²) in [5.41, 5.74) is 4.26. The Morgan fingerprint density at radius 1 is 0.844 bits per heavy atom. The van der Waals surface area contributed by atoms with Gasteiger partial charge in [0.05, 0.1) is 17.6 Å². The molecule has 32 heavy (non-hydrogen) atoms. The summed E-state index contributed by atoms with van der Waals surface area (Å²) in [5, 5.41) is 9.34. The van der Waals surface area contributed by atoms with Crippen LogP contribution in [0.5, 0.6) is 0 Å². The van der Waals surface area contributed by atoms with Crippen molar-refractivity contribution in [1.29, 1.82) is 0 Å². The second-order valence-electron chi connectivity index (χ2n) is 7.36. The molecule has 0 amide bonds. The Bertz CT molecular complexity index is 1410. The van der Waals surface area contributed by atoms with Gasteiger partial charge in [0, 0.05) is 23.7 Å². The number of nitrogens with zero attached hydrogens (tertiary/aromatic N) is 4. The first-order valence-corrected chi connectivity index (χ1v) is 11.4. The van der Waals surface area contributed by atoms with Crippen molar-refractivity contribution in [2.75, 3.05) is 6.54 Å². The summed E-state index contributed by atoms with van der Waals surface area (Å²) in [5.74, 6) is 0. The van der Waals surface area contributed by atoms with Crippen molar-refractivity contribution < 1.29 is 0 Å². The predicted molar refractivity (Wildman–Crippen MR) is 133 cm³/mol. The van der Waals surface area contributed by atoms with Crippen LogP contribution in [0.3, 0.4) is 0 Å². The van der Waals surface area contributed by atoms with Gasteiger partial charge in [-0.05, 0) is 34.9 Å². The first-order valence-electron chi connectivity index (χ1n) is 10.6. The molecule has 0 fully saturated rings. The highest BCUT2D eigenvalue weighted by molar-refractivity contribution is 7.07. The number of pyridine rings is 1. The van der Waals surface area contributed by atoms with Crippen molar-refractivity contribution in [3.8, 4) is 11.3 Å². The summed E-state index contributed by atoms with van der Waals surface area (Å²) in [7, 11) is 0. The number of thiazole rings is 1. The van der Waals surface area contributed by atoms with Crippen molar-refractivity contribution in [3.05, 3.63) is 119 Å². The van der Waals surface area contributed by atoms with Gasteiger partial charge in [0.1, 0.15) is 0 Å². The minimum atomic E-state index is 0.707. The van der Waals surface area contributed by atoms with Crippen molar-refractivity contribution in [1.82, 2.24) is 9.66 Å². The van der Waals surface area contributed by atoms with E-state index in [0.29, 0.717) is 6.54 Å². The number of hydrogen-bond acceptors (Lipinski definition) is 4. The molecular formula is C27H22N4S. The van der Waals surface area contributed by atoms with Crippen molar-refractivity contribution >= 4 is 28.3 Å². The van der Waals surface area contributed by atoms with E-state index in [0.717, 1.165) is 28.2 Å². The molecule has 0 saturated heterocycles. The molecule has 0 unspecified atom stereocenters. The zero-order valence-corrected chi connectivity index (χ0v) is 18.3. The summed E-state index contributed by atoms with van der Waals surface area (Å²) in [6.45, 7) is 0.707. The molecule has 5 heteroatoms. The highest BCUT2D eigenvalue weighted by Gasteiger charge is 2.10. The molecule has 0 aliphatic rings. The topological polar surface area (TPSA) is 42.5 Å². The molecule has 2 aromatic heterocycles. The fourth-order valence-corrected chi connectivity index (χ4v) is 4.50. The monoisotopic (exact) mass is 434 g/mol. The smallest absolute Gasteiger partial charge is 0.206 e. The fourth-order valence-electron chi connectivity index (χ4n) is 3.65. The third-order valence-corrected chi connectivity index (χ3v) is 6.09. The van der Waals surface area contributed by atoms with E-state index >= 15 is 0 Å². The molecule has 0 aliphatic heterocycles. The molecule has 156 valence electrons. The van der Waals surface area contributed by atoms with E-state index in [2.05, 4.69) is 77.1 Å². The molecule has 4 nitrogen and oxygen atoms in total. The molecule has 3 aromatic carbocycles. The average molecular weight is 435 g/mol. The lowest BCUT2D eigenvalue weighted by atomic mass is 10.0. The number of aromatic nitrogens is 2. The van der Waals surface area contributed by atoms with Crippen LogP contribution in [0.2, 0.25) is 0 Å². The van der Waals surface area contributed by atoms with E-state index in [4.69, 9.17) is 10.1 Å². The lowest BCUT2D eigenvalue weighted by Crippen LogP contribution is -2.13. The van der Waals surface area contributed by atoms with Gasteiger partial charge in [-0.3, -0.25) is 9.98 Å². The van der Waals surface area contributed by atoms with E-state index in [1.807, 2.05) is 28.9 Å². The van der Waals surface area contributed by atoms with Gasteiger partial charge in [0.25, 0.3) is 0 Å². The Kier molecular flexibility index (Phi) is 5.99. The molecule has 0 radical (unpaired) electrons. The largest absolute Gasteiger partial charge is 0.257 e. The Labute approximate surface area is 190 Å². The molecule has 2 heterocycles. The van der Waals surface area contributed by atoms with E-state index in [1.165, 1.54) is 16.3 Å². The standard InChI is InChI=1S/C27H22N4S/c1-2-9-21(10-3-1)16-18-29-27-31(30-19-23-13-6-7-17-28-23)26(20-32-27)25-15-8-12-22-11-4-5-14-24(22)25/h1-15,17,19-20H,16,18H2. The average Bonchev–Trinajstić information content (AvgIpc) is 3.26. The van der Waals surface area contributed by atoms with E-state index < -0.39 is 0 Å². The third kappa shape index (κ3) is 4.43. The molecule has 0 aliphatic carbocycles. The van der Waals surface area contributed by atoms with Crippen LogP contribution in [0.4, 0.5) is 0 Å². The van der Waals surface area contributed by atoms with E-state index in [-0.39, 0.29) is 0 Å². The molecule has 5 aromatic rings. The summed E-state index contributed by atoms with van der Waals surface area (Å²) in [4.78, 5) is 10.1. The predicted octanol–water partition coefficient (Wildman–Crippen LogP) is 5.79. The second kappa shape index (κ2) is 9.54. The van der Waals surface area contributed by atoms with Gasteiger partial charge < -0.3 is 0 Å². The molecule has 0 spiro atoms. The number of hydrogen-bond donors (Lipinski definition) is 0. The summed E-state index contributed by atoms with van der Waals surface area (Å²) in [6.07, 6.45) is 4.46. The maximum absolute atomic E-state index is 4.89. The second-order valence-corrected chi connectivity index (χ2v) is 8.20. The molecule has 5 rings (SSSR count). The van der Waals surface area contributed by atoms with Crippen LogP contribution >= 0.6 is 11.3 Å². The highest BCUT2D eigenvalue weighted by atomic mass is 32.1. The van der Waals surface area contributed by atoms with Gasteiger partial charge in [-0.1, -0.05) is 78.9 Å². The third-order valence-electron chi connectivity index (χ3n) is 5.23. The summed E-state index contributed by atoms with van der Waals surface area (Å²) >= 11 is 1.61. The number of benzene rings is 3. The minimum Gasteiger partial charge on any atom is -0.257 e. The quantitative estimate of drug-likeness (QED) is 0.312. The van der Waals surface area contributed by atoms with Gasteiger partial charge in [-0.25, -0.2) is 4.68 Å². The van der Waals surface area contributed by atoms with E-state index in [9.17, 15) is 0 Å². The summed E-state index contributed by atoms with van der Waals surface area (Å²) < 4.78 is 1.94. The van der Waals surface area contributed by atoms with Crippen LogP contribution < -0.4 is 4.80 Å². The maximum Gasteiger partial charge on any atom is 0.206 e. The fraction of sp³-hybridized carbons (Fsp3) is 0.0741. The molecule has 0 bridgehead atoms. The van der Waals surface area contributed by atoms with Crippen molar-refractivity contribution in [2.45, 2.75) is 6.42 Å². The first kappa shape index (κ1) is 20.1. The van der Waals surface area contributed by atoms with Gasteiger partial charge in [-0.15, -0.1) is 11.3 Å². The Hall–Kier alpha value is -3.83. The minimum absolute atomic E-state index is 0.707. The number of rotatable bonds is 6. The van der Waals surface area contributed by atoms with Gasteiger partial charge >= 0.3 is 0 Å². The molecule has 0 N–H and O–H groups in total. The molecule has 0 saturated carbocycles. The molecular weight excluding hydrogens is 412 g/mol. The summed E-state index contributed by atoms with van der Waals surface area (Å²) in [6, 6.07) is 31.1. The highest BCUT2D eigenvalue weighted by Crippen LogP contribution is 2.29. The van der Waals surface area contributed by atoms with Crippen LogP contribution in [0.15, 0.2) is 113 Å².